The molecule has 3 aromatic rings. The molecule has 0 aliphatic rings. The van der Waals surface area contributed by atoms with Gasteiger partial charge >= 0.3 is 29.5 Å². The number of rotatable bonds is 23. The van der Waals surface area contributed by atoms with Crippen molar-refractivity contribution in [2.75, 3.05) is 60.8 Å². The average molecular weight is 798 g/mol. The lowest BCUT2D eigenvalue weighted by Crippen LogP contribution is -2.42. The fourth-order valence-corrected chi connectivity index (χ4v) is 9.41. The number of hydrogen-bond acceptors (Lipinski definition) is 11. The molecule has 0 aliphatic carbocycles. The predicted molar refractivity (Wildman–Crippen MR) is 222 cm³/mol. The largest absolute Gasteiger partial charge is 0.500 e. The molecule has 1 unspecified atom stereocenters. The van der Waals surface area contributed by atoms with Crippen molar-refractivity contribution in [1.29, 1.82) is 0 Å². The number of carbonyl (C=O) groups is 2. The van der Waals surface area contributed by atoms with E-state index in [0.29, 0.717) is 50.1 Å². The number of carbonyl (C=O) groups excluding carboxylic acids is 2. The van der Waals surface area contributed by atoms with Crippen LogP contribution in [0.1, 0.15) is 64.9 Å². The van der Waals surface area contributed by atoms with Crippen LogP contribution in [0.4, 0.5) is 17.1 Å². The zero-order valence-corrected chi connectivity index (χ0v) is 36.6. The monoisotopic (exact) mass is 797 g/mol. The van der Waals surface area contributed by atoms with Gasteiger partial charge in [-0.05, 0) is 94.3 Å². The summed E-state index contributed by atoms with van der Waals surface area (Å²) in [6.07, 6.45) is 2.90. The van der Waals surface area contributed by atoms with Crippen LogP contribution in [0.15, 0.2) is 97.1 Å². The first kappa shape index (κ1) is 47.5. The Labute approximate surface area is 331 Å². The Kier molecular flexibility index (Phi) is 20.8. The van der Waals surface area contributed by atoms with Crippen LogP contribution in [0, 0.1) is 5.41 Å². The van der Waals surface area contributed by atoms with Crippen LogP contribution in [0.25, 0.3) is 0 Å². The highest BCUT2D eigenvalue weighted by molar-refractivity contribution is 6.60. The highest BCUT2D eigenvalue weighted by atomic mass is 28.4. The van der Waals surface area contributed by atoms with Crippen molar-refractivity contribution in [2.45, 2.75) is 71.4 Å². The van der Waals surface area contributed by atoms with E-state index in [-0.39, 0.29) is 17.9 Å². The number of hydrogen-bond donors (Lipinski definition) is 0. The number of ether oxygens (including phenoxy) is 2. The Morgan fingerprint density at radius 1 is 0.655 bits per heavy atom. The third-order valence-electron chi connectivity index (χ3n) is 9.39. The molecule has 0 spiro atoms. The van der Waals surface area contributed by atoms with Gasteiger partial charge in [-0.25, -0.2) is 4.79 Å². The Morgan fingerprint density at radius 2 is 1.05 bits per heavy atom. The normalized spacial score (nSPS) is 12.3. The molecule has 304 valence electrons. The molecule has 1 atom stereocenters. The van der Waals surface area contributed by atoms with E-state index in [4.69, 9.17) is 36.0 Å². The molecule has 13 heteroatoms. The van der Waals surface area contributed by atoms with Crippen molar-refractivity contribution in [3.8, 4) is 0 Å². The highest BCUT2D eigenvalue weighted by Crippen LogP contribution is 2.38. The molecule has 3 aromatic carbocycles. The first-order valence-electron chi connectivity index (χ1n) is 18.6. The van der Waals surface area contributed by atoms with Crippen LogP contribution in [-0.2, 0) is 45.6 Å². The number of nitrogens with zero attached hydrogens (tertiary/aromatic N) is 1. The van der Waals surface area contributed by atoms with E-state index in [0.717, 1.165) is 23.5 Å². The lowest BCUT2D eigenvalue weighted by atomic mass is 9.79. The Morgan fingerprint density at radius 3 is 1.44 bits per heavy atom. The summed E-state index contributed by atoms with van der Waals surface area (Å²) in [6.45, 7) is 11.8. The molecule has 0 amide bonds. The van der Waals surface area contributed by atoms with E-state index < -0.39 is 23.0 Å². The van der Waals surface area contributed by atoms with Gasteiger partial charge in [-0.1, -0.05) is 62.0 Å². The van der Waals surface area contributed by atoms with Gasteiger partial charge in [0, 0.05) is 77.4 Å². The molecule has 0 saturated carbocycles. The molecule has 0 fully saturated rings. The number of anilines is 3. The maximum Gasteiger partial charge on any atom is 0.500 e. The molecule has 0 aliphatic heterocycles. The molecule has 0 aromatic heterocycles. The number of para-hydroxylation sites is 2. The van der Waals surface area contributed by atoms with Gasteiger partial charge < -0.3 is 40.9 Å². The molecule has 0 saturated heterocycles. The molecular formula is C42H63NO10Si2. The van der Waals surface area contributed by atoms with Crippen LogP contribution in [-0.4, -0.2) is 85.4 Å². The zero-order valence-electron chi connectivity index (χ0n) is 34.6. The van der Waals surface area contributed by atoms with Crippen LogP contribution < -0.4 is 4.90 Å². The van der Waals surface area contributed by atoms with E-state index in [1.807, 2.05) is 26.0 Å². The molecule has 0 bridgehead atoms. The second-order valence-electron chi connectivity index (χ2n) is 13.6. The SMILES string of the molecule is C=C(C)C(=O)OCCC[Si](OC)(OC)OC.CCC(CC(C)(C)C(=O)OCCC[Si](OC)(OC)OC)c1ccc(N(c2ccccc2)c2ccccc2)cc1. The van der Waals surface area contributed by atoms with Gasteiger partial charge in [0.05, 0.1) is 18.6 Å². The van der Waals surface area contributed by atoms with E-state index in [2.05, 4.69) is 91.2 Å². The van der Waals surface area contributed by atoms with Gasteiger partial charge in [-0.3, -0.25) is 4.79 Å². The first-order chi connectivity index (χ1) is 26.3. The van der Waals surface area contributed by atoms with Crippen molar-refractivity contribution in [2.24, 2.45) is 5.41 Å². The predicted octanol–water partition coefficient (Wildman–Crippen LogP) is 9.25. The van der Waals surface area contributed by atoms with Crippen LogP contribution in [0.3, 0.4) is 0 Å². The average Bonchev–Trinajstić information content (AvgIpc) is 3.22. The van der Waals surface area contributed by atoms with Crippen LogP contribution in [0.5, 0.6) is 0 Å². The van der Waals surface area contributed by atoms with Gasteiger partial charge in [0.1, 0.15) is 0 Å². The van der Waals surface area contributed by atoms with Crippen LogP contribution in [0.2, 0.25) is 12.1 Å². The molecule has 11 nitrogen and oxygen atoms in total. The summed E-state index contributed by atoms with van der Waals surface area (Å²) in [5.41, 5.74) is 4.31. The molecule has 0 heterocycles. The molecular weight excluding hydrogens is 735 g/mol. The lowest BCUT2D eigenvalue weighted by Gasteiger charge is -2.29. The van der Waals surface area contributed by atoms with Gasteiger partial charge in [-0.2, -0.15) is 0 Å². The summed E-state index contributed by atoms with van der Waals surface area (Å²) in [4.78, 5) is 26.3. The minimum atomic E-state index is -2.66. The molecule has 3 rings (SSSR count). The maximum atomic E-state index is 13.0. The molecule has 0 radical (unpaired) electrons. The summed E-state index contributed by atoms with van der Waals surface area (Å²) in [7, 11) is 4.24. The molecule has 0 N–H and O–H groups in total. The highest BCUT2D eigenvalue weighted by Gasteiger charge is 2.38. The third kappa shape index (κ3) is 14.7. The standard InChI is InChI=1S/C32H43NO5Si.C10H20O5Si/c1-7-26(25-32(2,3)31(34)38-23-14-24-39(35-4,36-5)37-6)27-19-21-30(22-20-27)33(28-15-10-8-11-16-28)29-17-12-9-13-18-29;1-9(2)10(11)15-7-6-8-16(12-3,13-4)14-5/h8-13,15-22,26H,7,14,23-25H2,1-6H3;1,6-8H2,2-5H3. The maximum absolute atomic E-state index is 13.0. The topological polar surface area (TPSA) is 111 Å². The second-order valence-corrected chi connectivity index (χ2v) is 19.8. The third-order valence-corrected chi connectivity index (χ3v) is 15.1. The Balaban J connectivity index is 0.000000550. The minimum Gasteiger partial charge on any atom is -0.465 e. The fourth-order valence-electron chi connectivity index (χ4n) is 6.03. The quantitative estimate of drug-likeness (QED) is 0.0396. The van der Waals surface area contributed by atoms with Gasteiger partial charge in [0.15, 0.2) is 0 Å². The van der Waals surface area contributed by atoms with Gasteiger partial charge in [0.2, 0.25) is 0 Å². The summed E-state index contributed by atoms with van der Waals surface area (Å²) >= 11 is 0. The van der Waals surface area contributed by atoms with Crippen molar-refractivity contribution in [1.82, 2.24) is 0 Å². The summed E-state index contributed by atoms with van der Waals surface area (Å²) in [5.74, 6) is -0.324. The van der Waals surface area contributed by atoms with Crippen molar-refractivity contribution >= 4 is 46.6 Å². The summed E-state index contributed by atoms with van der Waals surface area (Å²) in [6, 6.07) is 30.7. The zero-order chi connectivity index (χ0) is 40.9. The lowest BCUT2D eigenvalue weighted by molar-refractivity contribution is -0.154. The van der Waals surface area contributed by atoms with Crippen molar-refractivity contribution in [3.05, 3.63) is 103 Å². The second kappa shape index (κ2) is 24.1. The molecule has 55 heavy (non-hydrogen) atoms. The summed E-state index contributed by atoms with van der Waals surface area (Å²) in [5, 5.41) is 0. The Bertz CT molecular complexity index is 1490. The van der Waals surface area contributed by atoms with Crippen molar-refractivity contribution in [3.63, 3.8) is 0 Å². The number of esters is 2. The summed E-state index contributed by atoms with van der Waals surface area (Å²) < 4.78 is 42.7. The van der Waals surface area contributed by atoms with Gasteiger partial charge in [0.25, 0.3) is 0 Å². The van der Waals surface area contributed by atoms with E-state index in [9.17, 15) is 9.59 Å². The van der Waals surface area contributed by atoms with Crippen molar-refractivity contribution < 1.29 is 45.6 Å². The van der Waals surface area contributed by atoms with E-state index in [1.54, 1.807) is 49.6 Å². The van der Waals surface area contributed by atoms with E-state index >= 15 is 0 Å². The first-order valence-corrected chi connectivity index (χ1v) is 22.5. The smallest absolute Gasteiger partial charge is 0.465 e. The number of benzene rings is 3. The van der Waals surface area contributed by atoms with E-state index in [1.165, 1.54) is 5.56 Å². The fraction of sp³-hybridized carbons (Fsp3) is 0.476. The Hall–Kier alpha value is -3.67. The minimum absolute atomic E-state index is 0.184. The van der Waals surface area contributed by atoms with Gasteiger partial charge in [-0.15, -0.1) is 0 Å². The van der Waals surface area contributed by atoms with Crippen LogP contribution >= 0.6 is 0 Å².